The average molecular weight is 186 g/mol. The van der Waals surface area contributed by atoms with Gasteiger partial charge in [0.15, 0.2) is 0 Å². The number of pyridine rings is 1. The van der Waals surface area contributed by atoms with Crippen molar-refractivity contribution in [1.82, 2.24) is 4.98 Å². The summed E-state index contributed by atoms with van der Waals surface area (Å²) in [6, 6.07) is 3.94. The van der Waals surface area contributed by atoms with Crippen LogP contribution in [0, 0.1) is 0 Å². The molecule has 0 saturated heterocycles. The summed E-state index contributed by atoms with van der Waals surface area (Å²) in [7, 11) is 0. The zero-order chi connectivity index (χ0) is 6.97. The van der Waals surface area contributed by atoms with Crippen LogP contribution in [0.15, 0.2) is 18.3 Å². The van der Waals surface area contributed by atoms with E-state index < -0.39 is 0 Å². The SMILES string of the molecule is OC1CCc2cccnc21.[V]. The van der Waals surface area contributed by atoms with Crippen molar-refractivity contribution in [2.45, 2.75) is 18.9 Å². The maximum atomic E-state index is 9.32. The van der Waals surface area contributed by atoms with Crippen LogP contribution < -0.4 is 0 Å². The summed E-state index contributed by atoms with van der Waals surface area (Å²) in [6.07, 6.45) is 3.24. The summed E-state index contributed by atoms with van der Waals surface area (Å²) < 4.78 is 0. The number of aryl methyl sites for hydroxylation is 1. The Morgan fingerprint density at radius 2 is 2.36 bits per heavy atom. The van der Waals surface area contributed by atoms with Crippen LogP contribution in [0.25, 0.3) is 0 Å². The van der Waals surface area contributed by atoms with Gasteiger partial charge in [0.25, 0.3) is 0 Å². The van der Waals surface area contributed by atoms with Gasteiger partial charge in [-0.3, -0.25) is 4.98 Å². The third-order valence-electron chi connectivity index (χ3n) is 1.93. The maximum absolute atomic E-state index is 9.32. The second-order valence-electron chi connectivity index (χ2n) is 2.60. The first-order chi connectivity index (χ1) is 4.88. The van der Waals surface area contributed by atoms with E-state index in [1.54, 1.807) is 6.20 Å². The van der Waals surface area contributed by atoms with Crippen LogP contribution >= 0.6 is 0 Å². The van der Waals surface area contributed by atoms with Gasteiger partial charge >= 0.3 is 0 Å². The van der Waals surface area contributed by atoms with E-state index in [9.17, 15) is 5.11 Å². The van der Waals surface area contributed by atoms with E-state index in [0.29, 0.717) is 0 Å². The smallest absolute Gasteiger partial charge is 0.0965 e. The minimum atomic E-state index is -0.309. The van der Waals surface area contributed by atoms with Gasteiger partial charge in [-0.15, -0.1) is 0 Å². The molecule has 0 saturated carbocycles. The Hall–Kier alpha value is -0.306. The van der Waals surface area contributed by atoms with E-state index in [1.807, 2.05) is 12.1 Å². The summed E-state index contributed by atoms with van der Waals surface area (Å²) >= 11 is 0. The van der Waals surface area contributed by atoms with Crippen molar-refractivity contribution in [3.8, 4) is 0 Å². The van der Waals surface area contributed by atoms with E-state index in [1.165, 1.54) is 5.56 Å². The third kappa shape index (κ3) is 1.48. The summed E-state index contributed by atoms with van der Waals surface area (Å²) in [5.74, 6) is 0. The number of rotatable bonds is 0. The zero-order valence-corrected chi connectivity index (χ0v) is 7.46. The fourth-order valence-electron chi connectivity index (χ4n) is 1.39. The minimum Gasteiger partial charge on any atom is -0.387 e. The largest absolute Gasteiger partial charge is 0.387 e. The van der Waals surface area contributed by atoms with Crippen molar-refractivity contribution >= 4 is 0 Å². The van der Waals surface area contributed by atoms with Gasteiger partial charge in [-0.1, -0.05) is 6.07 Å². The third-order valence-corrected chi connectivity index (χ3v) is 1.93. The Morgan fingerprint density at radius 1 is 1.55 bits per heavy atom. The van der Waals surface area contributed by atoms with Gasteiger partial charge in [0.2, 0.25) is 0 Å². The number of aliphatic hydroxyl groups excluding tert-OH is 1. The van der Waals surface area contributed by atoms with Crippen LogP contribution in [0.4, 0.5) is 0 Å². The molecule has 0 aliphatic heterocycles. The first kappa shape index (κ1) is 8.79. The molecule has 57 valence electrons. The summed E-state index contributed by atoms with van der Waals surface area (Å²) in [6.45, 7) is 0. The molecule has 1 heterocycles. The van der Waals surface area contributed by atoms with Crippen LogP contribution in [0.1, 0.15) is 23.8 Å². The van der Waals surface area contributed by atoms with Crippen LogP contribution in [-0.4, -0.2) is 10.1 Å². The van der Waals surface area contributed by atoms with Gasteiger partial charge in [0.05, 0.1) is 11.8 Å². The molecular formula is C8H9NOV. The van der Waals surface area contributed by atoms with Gasteiger partial charge in [0.1, 0.15) is 0 Å². The molecule has 0 aromatic carbocycles. The quantitative estimate of drug-likeness (QED) is 0.657. The fraction of sp³-hybridized carbons (Fsp3) is 0.375. The molecule has 1 N–H and O–H groups in total. The molecule has 1 atom stereocenters. The molecule has 3 heteroatoms. The molecule has 1 unspecified atom stereocenters. The molecule has 2 rings (SSSR count). The van der Waals surface area contributed by atoms with Crippen molar-refractivity contribution in [2.24, 2.45) is 0 Å². The van der Waals surface area contributed by atoms with Crippen LogP contribution in [0.2, 0.25) is 0 Å². The van der Waals surface area contributed by atoms with Crippen molar-refractivity contribution in [3.63, 3.8) is 0 Å². The number of fused-ring (bicyclic) bond motifs is 1. The first-order valence-corrected chi connectivity index (χ1v) is 3.50. The number of aliphatic hydroxyl groups is 1. The van der Waals surface area contributed by atoms with Crippen LogP contribution in [-0.2, 0) is 25.0 Å². The average Bonchev–Trinajstić information content (AvgIpc) is 2.34. The Kier molecular flexibility index (Phi) is 2.71. The van der Waals surface area contributed by atoms with Gasteiger partial charge in [0, 0.05) is 24.8 Å². The monoisotopic (exact) mass is 186 g/mol. The number of aromatic nitrogens is 1. The van der Waals surface area contributed by atoms with Crippen molar-refractivity contribution < 1.29 is 23.7 Å². The molecule has 1 aliphatic rings. The molecule has 2 nitrogen and oxygen atoms in total. The zero-order valence-electron chi connectivity index (χ0n) is 6.07. The Balaban J connectivity index is 0.000000605. The summed E-state index contributed by atoms with van der Waals surface area (Å²) in [5, 5.41) is 9.32. The van der Waals surface area contributed by atoms with E-state index in [2.05, 4.69) is 4.98 Å². The minimum absolute atomic E-state index is 0. The van der Waals surface area contributed by atoms with Crippen molar-refractivity contribution in [1.29, 1.82) is 0 Å². The molecule has 0 fully saturated rings. The molecule has 0 amide bonds. The molecule has 1 aromatic heterocycles. The Labute approximate surface area is 77.5 Å². The fourth-order valence-corrected chi connectivity index (χ4v) is 1.39. The van der Waals surface area contributed by atoms with Crippen molar-refractivity contribution in [2.75, 3.05) is 0 Å². The number of nitrogens with zero attached hydrogens (tertiary/aromatic N) is 1. The van der Waals surface area contributed by atoms with Gasteiger partial charge in [-0.25, -0.2) is 0 Å². The van der Waals surface area contributed by atoms with Crippen LogP contribution in [0.5, 0.6) is 0 Å². The predicted molar refractivity (Wildman–Crippen MR) is 37.5 cm³/mol. The second-order valence-corrected chi connectivity index (χ2v) is 2.60. The topological polar surface area (TPSA) is 33.1 Å². The molecule has 0 spiro atoms. The molecule has 1 aliphatic carbocycles. The molecule has 1 aromatic rings. The molecule has 11 heavy (non-hydrogen) atoms. The Bertz CT molecular complexity index is 252. The van der Waals surface area contributed by atoms with Gasteiger partial charge in [-0.05, 0) is 24.5 Å². The standard InChI is InChI=1S/C8H9NO.V/c10-7-4-3-6-2-1-5-9-8(6)7;/h1-2,5,7,10H,3-4H2;. The first-order valence-electron chi connectivity index (χ1n) is 3.50. The molecule has 1 radical (unpaired) electrons. The summed E-state index contributed by atoms with van der Waals surface area (Å²) in [4.78, 5) is 4.09. The predicted octanol–water partition coefficient (Wildman–Crippen LogP) is 1.06. The normalized spacial score (nSPS) is 20.6. The molecule has 0 bridgehead atoms. The van der Waals surface area contributed by atoms with Crippen molar-refractivity contribution in [3.05, 3.63) is 29.6 Å². The molecular weight excluding hydrogens is 177 g/mol. The van der Waals surface area contributed by atoms with E-state index in [-0.39, 0.29) is 24.7 Å². The van der Waals surface area contributed by atoms with E-state index >= 15 is 0 Å². The van der Waals surface area contributed by atoms with Gasteiger partial charge in [-0.2, -0.15) is 0 Å². The second kappa shape index (κ2) is 3.39. The van der Waals surface area contributed by atoms with E-state index in [4.69, 9.17) is 0 Å². The summed E-state index contributed by atoms with van der Waals surface area (Å²) in [5.41, 5.74) is 2.08. The Morgan fingerprint density at radius 3 is 3.09 bits per heavy atom. The van der Waals surface area contributed by atoms with Crippen LogP contribution in [0.3, 0.4) is 0 Å². The maximum Gasteiger partial charge on any atom is 0.0965 e. The number of hydrogen-bond donors (Lipinski definition) is 1. The number of hydrogen-bond acceptors (Lipinski definition) is 2. The van der Waals surface area contributed by atoms with Gasteiger partial charge < -0.3 is 5.11 Å². The van der Waals surface area contributed by atoms with E-state index in [0.717, 1.165) is 18.5 Å².